The second kappa shape index (κ2) is 14.3. The molecule has 5 heterocycles. The fourth-order valence-corrected chi connectivity index (χ4v) is 8.59. The molecule has 3 fully saturated rings. The van der Waals surface area contributed by atoms with Crippen molar-refractivity contribution in [3.63, 3.8) is 0 Å². The Morgan fingerprint density at radius 2 is 1.84 bits per heavy atom. The quantitative estimate of drug-likeness (QED) is 0.156. The summed E-state index contributed by atoms with van der Waals surface area (Å²) in [6.07, 6.45) is 4.92. The van der Waals surface area contributed by atoms with E-state index in [1.807, 2.05) is 15.8 Å². The highest BCUT2D eigenvalue weighted by molar-refractivity contribution is 6.03. The number of aromatic nitrogens is 6. The van der Waals surface area contributed by atoms with Crippen LogP contribution in [-0.2, 0) is 16.6 Å². The number of piperidine rings is 2. The van der Waals surface area contributed by atoms with Crippen LogP contribution < -0.4 is 16.3 Å². The van der Waals surface area contributed by atoms with Gasteiger partial charge in [0, 0.05) is 37.3 Å². The molecule has 55 heavy (non-hydrogen) atoms. The van der Waals surface area contributed by atoms with Crippen molar-refractivity contribution in [1.29, 1.82) is 0 Å². The minimum absolute atomic E-state index is 0.0883. The van der Waals surface area contributed by atoms with E-state index in [0.29, 0.717) is 35.4 Å². The normalized spacial score (nSPS) is 23.4. The highest BCUT2D eigenvalue weighted by Crippen LogP contribution is 2.44. The molecule has 288 valence electrons. The van der Waals surface area contributed by atoms with Gasteiger partial charge in [0.05, 0.1) is 47.4 Å². The number of imidazole rings is 1. The van der Waals surface area contributed by atoms with Gasteiger partial charge >= 0.3 is 5.69 Å². The molecule has 2 atom stereocenters. The second-order valence-corrected chi connectivity index (χ2v) is 14.9. The predicted octanol–water partition coefficient (Wildman–Crippen LogP) is 5.50. The number of likely N-dealkylation sites (tertiary alicyclic amines) is 1. The largest absolute Gasteiger partial charge is 0.329 e. The van der Waals surface area contributed by atoms with Crippen molar-refractivity contribution in [2.24, 2.45) is 13.0 Å². The number of imide groups is 1. The third-order valence-corrected chi connectivity index (χ3v) is 11.3. The molecule has 0 radical (unpaired) electrons. The van der Waals surface area contributed by atoms with Crippen molar-refractivity contribution in [3.8, 4) is 0 Å². The van der Waals surface area contributed by atoms with E-state index in [1.165, 1.54) is 16.2 Å². The molecule has 1 unspecified atom stereocenters. The van der Waals surface area contributed by atoms with Gasteiger partial charge in [0.1, 0.15) is 17.4 Å². The van der Waals surface area contributed by atoms with E-state index in [-0.39, 0.29) is 36.9 Å². The van der Waals surface area contributed by atoms with Crippen LogP contribution >= 0.6 is 0 Å². The minimum Gasteiger partial charge on any atom is -0.321 e. The summed E-state index contributed by atoms with van der Waals surface area (Å²) in [5.41, 5.74) is 1.06. The lowest BCUT2D eigenvalue weighted by Crippen LogP contribution is -2.49. The number of amides is 3. The first-order valence-electron chi connectivity index (χ1n) is 18.4. The van der Waals surface area contributed by atoms with Gasteiger partial charge in [-0.15, -0.1) is 0 Å². The van der Waals surface area contributed by atoms with Gasteiger partial charge in [0.15, 0.2) is 0 Å². The average Bonchev–Trinajstić information content (AvgIpc) is 3.69. The number of para-hydroxylation sites is 1. The van der Waals surface area contributed by atoms with E-state index in [9.17, 15) is 28.0 Å². The molecule has 13 nitrogen and oxygen atoms in total. The second-order valence-electron chi connectivity index (χ2n) is 14.9. The van der Waals surface area contributed by atoms with Gasteiger partial charge in [-0.05, 0) is 80.8 Å². The molecule has 1 aliphatic carbocycles. The lowest BCUT2D eigenvalue weighted by atomic mass is 9.83. The third kappa shape index (κ3) is 7.00. The molecule has 1 saturated carbocycles. The van der Waals surface area contributed by atoms with Crippen LogP contribution in [0.15, 0.2) is 59.8 Å². The summed E-state index contributed by atoms with van der Waals surface area (Å²) in [6, 6.07) is 9.39. The van der Waals surface area contributed by atoms with E-state index in [2.05, 4.69) is 20.6 Å². The number of alkyl halides is 4. The summed E-state index contributed by atoms with van der Waals surface area (Å²) < 4.78 is 62.8. The molecule has 0 spiro atoms. The Bertz CT molecular complexity index is 2360. The number of carbonyl (C=O) groups excluding carboxylic acids is 3. The van der Waals surface area contributed by atoms with E-state index < -0.39 is 60.0 Å². The topological polar surface area (TPSA) is 149 Å². The predicted molar refractivity (Wildman–Crippen MR) is 193 cm³/mol. The molecule has 2 aliphatic heterocycles. The van der Waals surface area contributed by atoms with Gasteiger partial charge < -0.3 is 5.32 Å². The Kier molecular flexibility index (Phi) is 9.51. The van der Waals surface area contributed by atoms with Crippen molar-refractivity contribution in [2.45, 2.75) is 75.3 Å². The molecule has 3 aromatic heterocycles. The number of hydrogen-bond acceptors (Lipinski definition) is 8. The molecule has 3 amide bonds. The Morgan fingerprint density at radius 3 is 2.58 bits per heavy atom. The summed E-state index contributed by atoms with van der Waals surface area (Å²) in [5, 5.41) is 10.5. The maximum atomic E-state index is 16.1. The maximum Gasteiger partial charge on any atom is 0.329 e. The number of benzene rings is 2. The van der Waals surface area contributed by atoms with Gasteiger partial charge in [0.25, 0.3) is 18.3 Å². The fraction of sp³-hybridized carbons (Fsp3) is 0.447. The van der Waals surface area contributed by atoms with Crippen molar-refractivity contribution in [2.75, 3.05) is 25.0 Å². The molecule has 2 aromatic carbocycles. The molecule has 2 saturated heterocycles. The zero-order valence-corrected chi connectivity index (χ0v) is 29.9. The SMILES string of the molecule is Cn1c(=O)n(C2CCC(=O)NC2=O)c2cccc([C@@H]3CCN(CC4CCC(n5cc6cc(NC(=O)c7cncc(C(F)F)n7)ccc6n5)CC4)CC3(F)F)c21. The standard InChI is InChI=1S/C38H39F4N9O4/c1-48-33-25(3-2-4-30(33)51(37(48)55)31-11-12-32(52)46-36(31)54)26-13-14-49(20-38(26,41)42)18-21-5-8-24(9-6-21)50-19-22-15-23(7-10-27(22)47-50)44-35(53)29-17-43-16-28(45-29)34(39)40/h2-4,7,10,15-17,19,21,24,26,31,34H,5-6,8-9,11-14,18,20H2,1H3,(H,44,53)(H,46,52,54)/t21?,24?,26-,31?/m0/s1. The van der Waals surface area contributed by atoms with Gasteiger partial charge in [0.2, 0.25) is 11.8 Å². The Labute approximate surface area is 311 Å². The lowest BCUT2D eigenvalue weighted by Gasteiger charge is -2.41. The van der Waals surface area contributed by atoms with Crippen LogP contribution in [0.5, 0.6) is 0 Å². The molecule has 8 rings (SSSR count). The maximum absolute atomic E-state index is 16.1. The summed E-state index contributed by atoms with van der Waals surface area (Å²) >= 11 is 0. The first kappa shape index (κ1) is 36.5. The van der Waals surface area contributed by atoms with E-state index in [4.69, 9.17) is 5.10 Å². The minimum atomic E-state index is -3.06. The summed E-state index contributed by atoms with van der Waals surface area (Å²) in [6.45, 7) is 0.633. The molecule has 2 N–H and O–H groups in total. The number of fused-ring (bicyclic) bond motifs is 2. The monoisotopic (exact) mass is 761 g/mol. The van der Waals surface area contributed by atoms with E-state index in [1.54, 1.807) is 36.4 Å². The van der Waals surface area contributed by atoms with E-state index in [0.717, 1.165) is 49.0 Å². The summed E-state index contributed by atoms with van der Waals surface area (Å²) in [5.74, 6) is -5.56. The molecule has 0 bridgehead atoms. The van der Waals surface area contributed by atoms with Crippen LogP contribution in [0.1, 0.15) is 91.1 Å². The number of halogens is 4. The van der Waals surface area contributed by atoms with Crippen LogP contribution in [0.25, 0.3) is 21.9 Å². The first-order chi connectivity index (χ1) is 26.4. The molecule has 5 aromatic rings. The lowest BCUT2D eigenvalue weighted by molar-refractivity contribution is -0.135. The first-order valence-corrected chi connectivity index (χ1v) is 18.4. The zero-order valence-electron chi connectivity index (χ0n) is 29.9. The Hall–Kier alpha value is -5.45. The van der Waals surface area contributed by atoms with Crippen LogP contribution in [0.4, 0.5) is 23.2 Å². The smallest absolute Gasteiger partial charge is 0.321 e. The summed E-state index contributed by atoms with van der Waals surface area (Å²) in [4.78, 5) is 59.7. The van der Waals surface area contributed by atoms with E-state index >= 15 is 8.78 Å². The Morgan fingerprint density at radius 1 is 1.04 bits per heavy atom. The van der Waals surface area contributed by atoms with Crippen LogP contribution in [0.2, 0.25) is 0 Å². The number of carbonyl (C=O) groups is 3. The third-order valence-electron chi connectivity index (χ3n) is 11.3. The highest BCUT2D eigenvalue weighted by Gasteiger charge is 2.47. The molecular weight excluding hydrogens is 722 g/mol. The Balaban J connectivity index is 0.891. The van der Waals surface area contributed by atoms with Crippen molar-refractivity contribution >= 4 is 45.3 Å². The van der Waals surface area contributed by atoms with Crippen LogP contribution in [-0.4, -0.2) is 77.1 Å². The highest BCUT2D eigenvalue weighted by atomic mass is 19.3. The van der Waals surface area contributed by atoms with Crippen LogP contribution in [0.3, 0.4) is 0 Å². The van der Waals surface area contributed by atoms with Gasteiger partial charge in [-0.1, -0.05) is 12.1 Å². The molecule has 3 aliphatic rings. The number of anilines is 1. The number of nitrogens with one attached hydrogen (secondary N) is 2. The van der Waals surface area contributed by atoms with Gasteiger partial charge in [-0.2, -0.15) is 5.10 Å². The van der Waals surface area contributed by atoms with Gasteiger partial charge in [-0.3, -0.25) is 43.4 Å². The average molecular weight is 762 g/mol. The number of aryl methyl sites for hydroxylation is 1. The fourth-order valence-electron chi connectivity index (χ4n) is 8.59. The van der Waals surface area contributed by atoms with Gasteiger partial charge in [-0.25, -0.2) is 27.3 Å². The van der Waals surface area contributed by atoms with Crippen LogP contribution in [0, 0.1) is 5.92 Å². The molecule has 17 heteroatoms. The summed E-state index contributed by atoms with van der Waals surface area (Å²) in [7, 11) is 1.53. The van der Waals surface area contributed by atoms with Crippen molar-refractivity contribution in [3.05, 3.63) is 82.4 Å². The number of nitrogens with zero attached hydrogens (tertiary/aromatic N) is 7. The number of hydrogen-bond donors (Lipinski definition) is 2. The van der Waals surface area contributed by atoms with Crippen molar-refractivity contribution < 1.29 is 31.9 Å². The molecular formula is C38H39F4N9O4. The number of rotatable bonds is 8. The van der Waals surface area contributed by atoms with Crippen molar-refractivity contribution in [1.82, 2.24) is 39.1 Å². The zero-order chi connectivity index (χ0) is 38.6.